The lowest BCUT2D eigenvalue weighted by atomic mass is 10.2. The van der Waals surface area contributed by atoms with E-state index < -0.39 is 9.84 Å². The summed E-state index contributed by atoms with van der Waals surface area (Å²) in [7, 11) is -1.52. The van der Waals surface area contributed by atoms with Gasteiger partial charge in [0.2, 0.25) is 0 Å². The van der Waals surface area contributed by atoms with Crippen LogP contribution in [0.1, 0.15) is 11.1 Å². The van der Waals surface area contributed by atoms with E-state index in [0.717, 1.165) is 11.3 Å². The molecule has 0 aliphatic rings. The molecule has 2 rings (SSSR count). The fraction of sp³-hybridized carbons (Fsp3) is 0.235. The number of rotatable bonds is 6. The van der Waals surface area contributed by atoms with Gasteiger partial charge in [-0.05, 0) is 35.4 Å². The number of hydrogen-bond donors (Lipinski definition) is 2. The Hall–Kier alpha value is -2.54. The highest BCUT2D eigenvalue weighted by molar-refractivity contribution is 7.89. The van der Waals surface area contributed by atoms with E-state index in [1.807, 2.05) is 24.3 Å². The highest BCUT2D eigenvalue weighted by Crippen LogP contribution is 2.13. The Labute approximate surface area is 141 Å². The number of ether oxygens (including phenoxy) is 1. The van der Waals surface area contributed by atoms with E-state index in [1.54, 1.807) is 31.4 Å². The zero-order valence-corrected chi connectivity index (χ0v) is 14.4. The Bertz CT molecular complexity index is 802. The Balaban J connectivity index is 1.90. The first kappa shape index (κ1) is 17.8. The fourth-order valence-electron chi connectivity index (χ4n) is 2.14. The van der Waals surface area contributed by atoms with E-state index in [2.05, 4.69) is 10.6 Å². The summed E-state index contributed by atoms with van der Waals surface area (Å²) in [5, 5.41) is 5.43. The third-order valence-corrected chi connectivity index (χ3v) is 4.08. The van der Waals surface area contributed by atoms with Crippen molar-refractivity contribution < 1.29 is 17.9 Å². The van der Waals surface area contributed by atoms with E-state index in [4.69, 9.17) is 4.74 Å². The van der Waals surface area contributed by atoms with Crippen LogP contribution in [-0.2, 0) is 22.1 Å². The summed E-state index contributed by atoms with van der Waals surface area (Å²) in [5.41, 5.74) is 2.12. The van der Waals surface area contributed by atoms with Gasteiger partial charge < -0.3 is 15.4 Å². The van der Waals surface area contributed by atoms with Crippen LogP contribution in [0, 0.1) is 0 Å². The summed E-state index contributed by atoms with van der Waals surface area (Å²) in [5.74, 6) is 0.696. The van der Waals surface area contributed by atoms with Gasteiger partial charge in [0, 0.05) is 18.5 Å². The monoisotopic (exact) mass is 348 g/mol. The predicted octanol–water partition coefficient (Wildman–Crippen LogP) is 2.56. The maximum Gasteiger partial charge on any atom is 0.319 e. The van der Waals surface area contributed by atoms with Crippen LogP contribution in [-0.4, -0.2) is 27.8 Å². The van der Waals surface area contributed by atoms with E-state index >= 15 is 0 Å². The summed E-state index contributed by atoms with van der Waals surface area (Å²) < 4.78 is 27.7. The van der Waals surface area contributed by atoms with Crippen molar-refractivity contribution in [1.29, 1.82) is 0 Å². The van der Waals surface area contributed by atoms with E-state index in [1.165, 1.54) is 6.26 Å². The minimum Gasteiger partial charge on any atom is -0.497 e. The Morgan fingerprint density at radius 2 is 1.79 bits per heavy atom. The van der Waals surface area contributed by atoms with Gasteiger partial charge in [0.1, 0.15) is 5.75 Å². The normalized spacial score (nSPS) is 10.9. The maximum absolute atomic E-state index is 11.9. The van der Waals surface area contributed by atoms with Crippen molar-refractivity contribution in [2.75, 3.05) is 18.7 Å². The van der Waals surface area contributed by atoms with Crippen LogP contribution in [0.25, 0.3) is 0 Å². The maximum atomic E-state index is 11.9. The number of carbonyl (C=O) groups is 1. The van der Waals surface area contributed by atoms with Crippen LogP contribution in [0.5, 0.6) is 5.75 Å². The molecular weight excluding hydrogens is 328 g/mol. The number of benzene rings is 2. The Morgan fingerprint density at radius 3 is 2.42 bits per heavy atom. The molecule has 128 valence electrons. The zero-order valence-electron chi connectivity index (χ0n) is 13.6. The smallest absolute Gasteiger partial charge is 0.319 e. The molecular formula is C17H20N2O4S. The van der Waals surface area contributed by atoms with Crippen molar-refractivity contribution in [3.8, 4) is 5.75 Å². The predicted molar refractivity (Wildman–Crippen MR) is 93.8 cm³/mol. The number of hydrogen-bond acceptors (Lipinski definition) is 4. The van der Waals surface area contributed by atoms with Crippen LogP contribution in [0.2, 0.25) is 0 Å². The first-order chi connectivity index (χ1) is 11.4. The quantitative estimate of drug-likeness (QED) is 0.840. The molecule has 0 heterocycles. The molecule has 0 unspecified atom stereocenters. The largest absolute Gasteiger partial charge is 0.497 e. The summed E-state index contributed by atoms with van der Waals surface area (Å²) in [4.78, 5) is 11.9. The molecule has 0 aliphatic heterocycles. The number of methoxy groups -OCH3 is 1. The van der Waals surface area contributed by atoms with Gasteiger partial charge in [-0.2, -0.15) is 0 Å². The molecule has 0 atom stereocenters. The summed E-state index contributed by atoms with van der Waals surface area (Å²) in [6, 6.07) is 13.8. The van der Waals surface area contributed by atoms with Crippen molar-refractivity contribution in [2.24, 2.45) is 0 Å². The van der Waals surface area contributed by atoms with E-state index in [9.17, 15) is 13.2 Å². The Kier molecular flexibility index (Phi) is 5.81. The minimum absolute atomic E-state index is 0.0595. The van der Waals surface area contributed by atoms with Crippen LogP contribution in [0.15, 0.2) is 48.5 Å². The van der Waals surface area contributed by atoms with Gasteiger partial charge in [-0.15, -0.1) is 0 Å². The Morgan fingerprint density at radius 1 is 1.08 bits per heavy atom. The lowest BCUT2D eigenvalue weighted by Crippen LogP contribution is -2.28. The van der Waals surface area contributed by atoms with Crippen molar-refractivity contribution in [3.63, 3.8) is 0 Å². The molecule has 2 N–H and O–H groups in total. The second-order valence-electron chi connectivity index (χ2n) is 5.43. The van der Waals surface area contributed by atoms with Crippen molar-refractivity contribution in [3.05, 3.63) is 59.7 Å². The number of amides is 2. The first-order valence-electron chi connectivity index (χ1n) is 7.30. The average molecular weight is 348 g/mol. The lowest BCUT2D eigenvalue weighted by Gasteiger charge is -2.09. The third-order valence-electron chi connectivity index (χ3n) is 3.23. The SMILES string of the molecule is COc1ccc(CNC(=O)Nc2cccc(CS(C)(=O)=O)c2)cc1. The van der Waals surface area contributed by atoms with Crippen molar-refractivity contribution in [1.82, 2.24) is 5.32 Å². The van der Waals surface area contributed by atoms with Gasteiger partial charge in [0.25, 0.3) is 0 Å². The molecule has 6 nitrogen and oxygen atoms in total. The van der Waals surface area contributed by atoms with Crippen molar-refractivity contribution >= 4 is 21.6 Å². The molecule has 0 spiro atoms. The summed E-state index contributed by atoms with van der Waals surface area (Å²) in [6.07, 6.45) is 1.18. The molecule has 2 aromatic carbocycles. The topological polar surface area (TPSA) is 84.5 Å². The molecule has 24 heavy (non-hydrogen) atoms. The second kappa shape index (κ2) is 7.83. The molecule has 2 aromatic rings. The van der Waals surface area contributed by atoms with Gasteiger partial charge >= 0.3 is 6.03 Å². The van der Waals surface area contributed by atoms with Crippen LogP contribution < -0.4 is 15.4 Å². The molecule has 0 saturated heterocycles. The highest BCUT2D eigenvalue weighted by Gasteiger charge is 2.07. The average Bonchev–Trinajstić information content (AvgIpc) is 2.52. The number of sulfone groups is 1. The number of anilines is 1. The molecule has 0 radical (unpaired) electrons. The molecule has 7 heteroatoms. The van der Waals surface area contributed by atoms with Gasteiger partial charge in [-0.1, -0.05) is 24.3 Å². The van der Waals surface area contributed by atoms with E-state index in [0.29, 0.717) is 17.8 Å². The van der Waals surface area contributed by atoms with Crippen LogP contribution in [0.4, 0.5) is 10.5 Å². The van der Waals surface area contributed by atoms with Gasteiger partial charge in [-0.3, -0.25) is 0 Å². The molecule has 0 aliphatic carbocycles. The van der Waals surface area contributed by atoms with E-state index in [-0.39, 0.29) is 11.8 Å². The second-order valence-corrected chi connectivity index (χ2v) is 7.57. The van der Waals surface area contributed by atoms with Gasteiger partial charge in [-0.25, -0.2) is 13.2 Å². The van der Waals surface area contributed by atoms with Gasteiger partial charge in [0.15, 0.2) is 9.84 Å². The first-order valence-corrected chi connectivity index (χ1v) is 9.36. The molecule has 0 fully saturated rings. The summed E-state index contributed by atoms with van der Waals surface area (Å²) in [6.45, 7) is 0.374. The number of urea groups is 1. The number of nitrogens with one attached hydrogen (secondary N) is 2. The van der Waals surface area contributed by atoms with Gasteiger partial charge in [0.05, 0.1) is 12.9 Å². The fourth-order valence-corrected chi connectivity index (χ4v) is 2.93. The van der Waals surface area contributed by atoms with Crippen LogP contribution in [0.3, 0.4) is 0 Å². The molecule has 0 saturated carbocycles. The summed E-state index contributed by atoms with van der Waals surface area (Å²) >= 11 is 0. The minimum atomic E-state index is -3.11. The standard InChI is InChI=1S/C17H20N2O4S/c1-23-16-8-6-13(7-9-16)11-18-17(20)19-15-5-3-4-14(10-15)12-24(2,21)22/h3-10H,11-12H2,1-2H3,(H2,18,19,20). The molecule has 2 amide bonds. The highest BCUT2D eigenvalue weighted by atomic mass is 32.2. The lowest BCUT2D eigenvalue weighted by molar-refractivity contribution is 0.251. The third kappa shape index (κ3) is 5.92. The molecule has 0 aromatic heterocycles. The van der Waals surface area contributed by atoms with Crippen LogP contribution >= 0.6 is 0 Å². The number of carbonyl (C=O) groups excluding carboxylic acids is 1. The zero-order chi connectivity index (χ0) is 17.6. The molecule has 0 bridgehead atoms. The van der Waals surface area contributed by atoms with Crippen molar-refractivity contribution in [2.45, 2.75) is 12.3 Å².